The Bertz CT molecular complexity index is 936. The number of carbonyl (C=O) groups excluding carboxylic acids is 2. The van der Waals surface area contributed by atoms with Crippen molar-refractivity contribution in [2.45, 2.75) is 33.3 Å². The summed E-state index contributed by atoms with van der Waals surface area (Å²) in [6.07, 6.45) is -0.0266. The van der Waals surface area contributed by atoms with E-state index in [1.54, 1.807) is 21.1 Å². The van der Waals surface area contributed by atoms with Gasteiger partial charge in [0.15, 0.2) is 6.10 Å². The Labute approximate surface area is 174 Å². The number of hydrogen-bond donors (Lipinski definition) is 0. The van der Waals surface area contributed by atoms with Crippen LogP contribution in [0.25, 0.3) is 11.3 Å². The number of amides is 2. The van der Waals surface area contributed by atoms with Gasteiger partial charge in [0.2, 0.25) is 5.91 Å². The number of anilines is 1. The van der Waals surface area contributed by atoms with Gasteiger partial charge in [0.25, 0.3) is 5.91 Å². The van der Waals surface area contributed by atoms with Gasteiger partial charge in [-0.1, -0.05) is 6.92 Å². The molecule has 1 unspecified atom stereocenters. The third-order valence-corrected chi connectivity index (χ3v) is 6.15. The first-order valence-electron chi connectivity index (χ1n) is 9.90. The summed E-state index contributed by atoms with van der Waals surface area (Å²) in [4.78, 5) is 35.0. The highest BCUT2D eigenvalue weighted by Gasteiger charge is 2.35. The van der Waals surface area contributed by atoms with Gasteiger partial charge in [-0.15, -0.1) is 11.3 Å². The van der Waals surface area contributed by atoms with Gasteiger partial charge in [-0.25, -0.2) is 4.98 Å². The maximum absolute atomic E-state index is 13.0. The second-order valence-electron chi connectivity index (χ2n) is 7.25. The second kappa shape index (κ2) is 8.12. The van der Waals surface area contributed by atoms with Crippen molar-refractivity contribution in [3.63, 3.8) is 0 Å². The van der Waals surface area contributed by atoms with Crippen LogP contribution in [0, 0.1) is 13.8 Å². The number of ether oxygens (including phenoxy) is 2. The summed E-state index contributed by atoms with van der Waals surface area (Å²) in [6.45, 7) is 8.10. The van der Waals surface area contributed by atoms with E-state index in [0.717, 1.165) is 21.1 Å². The minimum Gasteiger partial charge on any atom is -0.478 e. The molecule has 1 aromatic heterocycles. The summed E-state index contributed by atoms with van der Waals surface area (Å²) in [6, 6.07) is 5.75. The maximum atomic E-state index is 13.0. The molecule has 154 valence electrons. The van der Waals surface area contributed by atoms with Crippen LogP contribution >= 0.6 is 11.3 Å². The normalized spacial score (nSPS) is 19.1. The molecule has 0 bridgehead atoms. The summed E-state index contributed by atoms with van der Waals surface area (Å²) in [7, 11) is 0. The van der Waals surface area contributed by atoms with Crippen molar-refractivity contribution in [1.82, 2.24) is 9.88 Å². The predicted octanol–water partition coefficient (Wildman–Crippen LogP) is 2.79. The van der Waals surface area contributed by atoms with Crippen LogP contribution < -0.4 is 9.64 Å². The van der Waals surface area contributed by atoms with Gasteiger partial charge in [-0.3, -0.25) is 14.5 Å². The molecule has 0 radical (unpaired) electrons. The molecule has 0 N–H and O–H groups in total. The van der Waals surface area contributed by atoms with Gasteiger partial charge in [0, 0.05) is 23.5 Å². The molecule has 29 heavy (non-hydrogen) atoms. The van der Waals surface area contributed by atoms with Gasteiger partial charge in [-0.2, -0.15) is 0 Å². The van der Waals surface area contributed by atoms with Crippen LogP contribution in [0.15, 0.2) is 18.2 Å². The monoisotopic (exact) mass is 415 g/mol. The first kappa shape index (κ1) is 19.8. The first-order chi connectivity index (χ1) is 14.0. The summed E-state index contributed by atoms with van der Waals surface area (Å²) in [5.74, 6) is 0.375. The molecular weight excluding hydrogens is 390 g/mol. The van der Waals surface area contributed by atoms with Crippen molar-refractivity contribution >= 4 is 28.8 Å². The number of carbonyl (C=O) groups is 2. The summed E-state index contributed by atoms with van der Waals surface area (Å²) < 4.78 is 11.3. The quantitative estimate of drug-likeness (QED) is 0.768. The fourth-order valence-corrected chi connectivity index (χ4v) is 4.58. The van der Waals surface area contributed by atoms with E-state index < -0.39 is 6.10 Å². The second-order valence-corrected chi connectivity index (χ2v) is 8.66. The summed E-state index contributed by atoms with van der Waals surface area (Å²) in [5, 5.41) is 0.993. The predicted molar refractivity (Wildman–Crippen MR) is 111 cm³/mol. The SMILES string of the molecule is CCC1Oc2ccc(-c3nc(C)sc3C)cc2N(CC(=O)N2CCOCC2)C1=O. The minimum absolute atomic E-state index is 0.00419. The number of hydrogen-bond acceptors (Lipinski definition) is 6. The van der Waals surface area contributed by atoms with Crippen molar-refractivity contribution in [2.24, 2.45) is 0 Å². The van der Waals surface area contributed by atoms with Crippen LogP contribution in [0.1, 0.15) is 23.2 Å². The Morgan fingerprint density at radius 1 is 1.28 bits per heavy atom. The molecule has 1 saturated heterocycles. The van der Waals surface area contributed by atoms with Crippen LogP contribution in [0.4, 0.5) is 5.69 Å². The largest absolute Gasteiger partial charge is 0.478 e. The lowest BCUT2D eigenvalue weighted by Gasteiger charge is -2.35. The van der Waals surface area contributed by atoms with Crippen LogP contribution in [0.3, 0.4) is 0 Å². The van der Waals surface area contributed by atoms with E-state index in [0.29, 0.717) is 44.2 Å². The Balaban J connectivity index is 1.68. The molecule has 2 aliphatic rings. The van der Waals surface area contributed by atoms with Crippen LogP contribution in [-0.4, -0.2) is 60.7 Å². The van der Waals surface area contributed by atoms with E-state index in [2.05, 4.69) is 4.98 Å². The Morgan fingerprint density at radius 3 is 2.69 bits per heavy atom. The van der Waals surface area contributed by atoms with E-state index in [1.807, 2.05) is 39.0 Å². The van der Waals surface area contributed by atoms with Crippen molar-refractivity contribution in [3.05, 3.63) is 28.1 Å². The topological polar surface area (TPSA) is 72.0 Å². The van der Waals surface area contributed by atoms with Crippen LogP contribution in [0.5, 0.6) is 5.75 Å². The van der Waals surface area contributed by atoms with E-state index in [-0.39, 0.29) is 18.4 Å². The third kappa shape index (κ3) is 3.86. The molecule has 7 nitrogen and oxygen atoms in total. The van der Waals surface area contributed by atoms with Crippen LogP contribution in [0.2, 0.25) is 0 Å². The van der Waals surface area contributed by atoms with Crippen molar-refractivity contribution in [3.8, 4) is 17.0 Å². The molecule has 1 fully saturated rings. The molecule has 2 aliphatic heterocycles. The Morgan fingerprint density at radius 2 is 2.03 bits per heavy atom. The maximum Gasteiger partial charge on any atom is 0.268 e. The number of nitrogens with zero attached hydrogens (tertiary/aromatic N) is 3. The lowest BCUT2D eigenvalue weighted by molar-refractivity contribution is -0.136. The van der Waals surface area contributed by atoms with Crippen molar-refractivity contribution in [1.29, 1.82) is 0 Å². The highest BCUT2D eigenvalue weighted by molar-refractivity contribution is 7.11. The van der Waals surface area contributed by atoms with Crippen molar-refractivity contribution < 1.29 is 19.1 Å². The molecule has 8 heteroatoms. The molecule has 1 atom stereocenters. The highest BCUT2D eigenvalue weighted by atomic mass is 32.1. The summed E-state index contributed by atoms with van der Waals surface area (Å²) >= 11 is 1.64. The molecular formula is C21H25N3O4S. The number of thiazole rings is 1. The van der Waals surface area contributed by atoms with E-state index in [4.69, 9.17) is 9.47 Å². The van der Waals surface area contributed by atoms with Crippen LogP contribution in [-0.2, 0) is 14.3 Å². The average molecular weight is 416 g/mol. The Hall–Kier alpha value is -2.45. The van der Waals surface area contributed by atoms with Gasteiger partial charge in [0.05, 0.1) is 29.6 Å². The third-order valence-electron chi connectivity index (χ3n) is 5.27. The molecule has 2 amide bonds. The van der Waals surface area contributed by atoms with Gasteiger partial charge in [-0.05, 0) is 38.5 Å². The number of aryl methyl sites for hydroxylation is 2. The molecule has 0 aliphatic carbocycles. The van der Waals surface area contributed by atoms with Gasteiger partial charge >= 0.3 is 0 Å². The van der Waals surface area contributed by atoms with Gasteiger partial charge < -0.3 is 14.4 Å². The van der Waals surface area contributed by atoms with Gasteiger partial charge in [0.1, 0.15) is 12.3 Å². The zero-order valence-corrected chi connectivity index (χ0v) is 17.8. The zero-order chi connectivity index (χ0) is 20.5. The first-order valence-corrected chi connectivity index (χ1v) is 10.7. The molecule has 1 aromatic carbocycles. The average Bonchev–Trinajstić information content (AvgIpc) is 3.08. The zero-order valence-electron chi connectivity index (χ0n) is 16.9. The smallest absolute Gasteiger partial charge is 0.268 e. The number of aromatic nitrogens is 1. The fraction of sp³-hybridized carbons (Fsp3) is 0.476. The summed E-state index contributed by atoms with van der Waals surface area (Å²) in [5.41, 5.74) is 2.45. The number of morpholine rings is 1. The standard InChI is InChI=1S/C21H25N3O4S/c1-4-17-21(26)24(12-19(25)23-7-9-27-10-8-23)16-11-15(5-6-18(16)28-17)20-13(2)29-14(3)22-20/h5-6,11,17H,4,7-10,12H2,1-3H3. The van der Waals surface area contributed by atoms with Crippen molar-refractivity contribution in [2.75, 3.05) is 37.7 Å². The molecule has 3 heterocycles. The molecule has 2 aromatic rings. The van der Waals surface area contributed by atoms with E-state index >= 15 is 0 Å². The fourth-order valence-electron chi connectivity index (χ4n) is 3.74. The van der Waals surface area contributed by atoms with E-state index in [1.165, 1.54) is 0 Å². The Kier molecular flexibility index (Phi) is 5.56. The van der Waals surface area contributed by atoms with E-state index in [9.17, 15) is 9.59 Å². The lowest BCUT2D eigenvalue weighted by Crippen LogP contribution is -2.52. The number of fused-ring (bicyclic) bond motifs is 1. The minimum atomic E-state index is -0.575. The number of rotatable bonds is 4. The highest BCUT2D eigenvalue weighted by Crippen LogP contribution is 2.39. The molecule has 4 rings (SSSR count). The molecule has 0 saturated carbocycles. The number of benzene rings is 1. The lowest BCUT2D eigenvalue weighted by atomic mass is 10.1. The molecule has 0 spiro atoms.